The first-order valence-corrected chi connectivity index (χ1v) is 4.81. The summed E-state index contributed by atoms with van der Waals surface area (Å²) in [6, 6.07) is 0.964. The molecule has 88 valence electrons. The van der Waals surface area contributed by atoms with Gasteiger partial charge in [0.15, 0.2) is 0 Å². The van der Waals surface area contributed by atoms with Crippen LogP contribution < -0.4 is 61.6 Å². The maximum Gasteiger partial charge on any atom is 1.00 e. The third-order valence-electron chi connectivity index (χ3n) is 1.91. The van der Waals surface area contributed by atoms with Gasteiger partial charge >= 0.3 is 58.4 Å². The molecule has 0 atom stereocenters. The van der Waals surface area contributed by atoms with Crippen LogP contribution in [0.5, 0.6) is 5.75 Å². The molecule has 1 aromatic heterocycles. The van der Waals surface area contributed by atoms with Crippen molar-refractivity contribution in [1.29, 1.82) is 0 Å². The monoisotopic (exact) mass is 269 g/mol. The minimum atomic E-state index is -5.02. The maximum atomic E-state index is 12.4. The molecule has 0 spiro atoms. The fourth-order valence-electron chi connectivity index (χ4n) is 1.04. The normalized spacial score (nSPS) is 10.6. The van der Waals surface area contributed by atoms with Crippen LogP contribution in [0.25, 0.3) is 0 Å². The van der Waals surface area contributed by atoms with Gasteiger partial charge in [-0.1, -0.05) is 11.0 Å². The van der Waals surface area contributed by atoms with E-state index in [0.29, 0.717) is 13.0 Å². The largest absolute Gasteiger partial charge is 1.00 e. The van der Waals surface area contributed by atoms with E-state index in [1.165, 1.54) is 6.20 Å². The molecule has 1 rings (SSSR count). The van der Waals surface area contributed by atoms with E-state index in [2.05, 4.69) is 11.6 Å². The summed E-state index contributed by atoms with van der Waals surface area (Å²) in [6.07, 6.45) is 2.68. The van der Waals surface area contributed by atoms with Crippen LogP contribution in [-0.2, 0) is 0 Å². The minimum absolute atomic E-state index is 0. The van der Waals surface area contributed by atoms with Gasteiger partial charge in [-0.25, -0.2) is 0 Å². The molecule has 0 N–H and O–H groups in total. The number of hydrogen-bond donors (Lipinski definition) is 0. The van der Waals surface area contributed by atoms with Crippen LogP contribution in [0.3, 0.4) is 0 Å². The van der Waals surface area contributed by atoms with Gasteiger partial charge in [-0.3, -0.25) is 4.98 Å². The van der Waals surface area contributed by atoms with Gasteiger partial charge in [0.1, 0.15) is 5.75 Å². The number of nitrogens with zero attached hydrogens (tertiary/aromatic N) is 1. The summed E-state index contributed by atoms with van der Waals surface area (Å²) in [5.41, 5.74) is 0.178. The van der Waals surface area contributed by atoms with E-state index < -0.39 is 12.4 Å². The van der Waals surface area contributed by atoms with E-state index in [-0.39, 0.29) is 57.1 Å². The van der Waals surface area contributed by atoms with Crippen molar-refractivity contribution in [2.24, 2.45) is 0 Å². The van der Waals surface area contributed by atoms with Gasteiger partial charge in [-0.15, -0.1) is 6.58 Å². The molecule has 0 aromatic carbocycles. The molecule has 0 saturated heterocycles. The minimum Gasteiger partial charge on any atom is -0.492 e. The van der Waals surface area contributed by atoms with Crippen molar-refractivity contribution < 1.29 is 69.1 Å². The number of halogens is 3. The molecule has 1 heterocycles. The first kappa shape index (κ1) is 17.2. The third-order valence-corrected chi connectivity index (χ3v) is 1.91. The smallest absolute Gasteiger partial charge is 0.492 e. The molecule has 7 heteroatoms. The second-order valence-corrected chi connectivity index (χ2v) is 3.58. The molecule has 0 bridgehead atoms. The molecular weight excluding hydrogens is 257 g/mol. The van der Waals surface area contributed by atoms with Crippen LogP contribution in [0.4, 0.5) is 12.9 Å². The van der Waals surface area contributed by atoms with Gasteiger partial charge in [0.25, 0.3) is 0 Å². The number of ether oxygens (including phenoxy) is 1. The standard InChI is InChI=1S/C10H12BF3NO.K/c1-8(2)3-4-16-10-5-9(6-15-7-10)11(12,13)14;/h5-7H,1,3-4H2,2H3;/q-1;+1. The summed E-state index contributed by atoms with van der Waals surface area (Å²) in [4.78, 5) is 3.50. The first-order valence-electron chi connectivity index (χ1n) is 4.81. The fraction of sp³-hybridized carbons (Fsp3) is 0.300. The molecule has 0 unspecified atom stereocenters. The van der Waals surface area contributed by atoms with E-state index in [1.807, 2.05) is 6.92 Å². The summed E-state index contributed by atoms with van der Waals surface area (Å²) in [7, 11) is 0. The Balaban J connectivity index is 0.00000256. The molecular formula is C10H12BF3KNO. The van der Waals surface area contributed by atoms with Crippen molar-refractivity contribution in [3.05, 3.63) is 30.6 Å². The van der Waals surface area contributed by atoms with E-state index in [0.717, 1.165) is 17.8 Å². The van der Waals surface area contributed by atoms with E-state index >= 15 is 0 Å². The van der Waals surface area contributed by atoms with Crippen molar-refractivity contribution in [3.63, 3.8) is 0 Å². The summed E-state index contributed by atoms with van der Waals surface area (Å²) in [5.74, 6) is 0.137. The van der Waals surface area contributed by atoms with Crippen molar-refractivity contribution in [1.82, 2.24) is 4.98 Å². The Hall–Kier alpha value is 0.181. The van der Waals surface area contributed by atoms with E-state index in [1.54, 1.807) is 0 Å². The summed E-state index contributed by atoms with van der Waals surface area (Å²) < 4.78 is 42.3. The summed E-state index contributed by atoms with van der Waals surface area (Å²) in [5, 5.41) is 0. The zero-order valence-corrected chi connectivity index (χ0v) is 13.0. The average molecular weight is 269 g/mol. The SMILES string of the molecule is C=C(C)CCOc1cncc([B-](F)(F)F)c1.[K+]. The number of aromatic nitrogens is 1. The maximum absolute atomic E-state index is 12.4. The molecule has 1 aromatic rings. The predicted molar refractivity (Wildman–Crippen MR) is 57.9 cm³/mol. The van der Waals surface area contributed by atoms with E-state index in [9.17, 15) is 12.9 Å². The van der Waals surface area contributed by atoms with Crippen LogP contribution in [0, 0.1) is 0 Å². The molecule has 0 aliphatic carbocycles. The Morgan fingerprint density at radius 2 is 2.06 bits per heavy atom. The van der Waals surface area contributed by atoms with Gasteiger partial charge in [-0.2, -0.15) is 0 Å². The van der Waals surface area contributed by atoms with Crippen LogP contribution in [0.1, 0.15) is 13.3 Å². The van der Waals surface area contributed by atoms with Gasteiger partial charge in [0.05, 0.1) is 12.8 Å². The molecule has 0 saturated carbocycles. The Labute approximate surface area is 141 Å². The number of pyridine rings is 1. The van der Waals surface area contributed by atoms with E-state index in [4.69, 9.17) is 4.74 Å². The second kappa shape index (κ2) is 7.58. The zero-order chi connectivity index (χ0) is 12.2. The molecule has 0 radical (unpaired) electrons. The Morgan fingerprint density at radius 3 is 2.59 bits per heavy atom. The van der Waals surface area contributed by atoms with Crippen molar-refractivity contribution in [2.45, 2.75) is 13.3 Å². The van der Waals surface area contributed by atoms with Crippen LogP contribution in [-0.4, -0.2) is 18.6 Å². The quantitative estimate of drug-likeness (QED) is 0.530. The molecule has 0 aliphatic heterocycles. The summed E-state index contributed by atoms with van der Waals surface area (Å²) in [6.45, 7) is 0.795. The third kappa shape index (κ3) is 6.61. The fourth-order valence-corrected chi connectivity index (χ4v) is 1.04. The van der Waals surface area contributed by atoms with Crippen molar-refractivity contribution in [2.75, 3.05) is 6.61 Å². The molecule has 0 fully saturated rings. The Bertz CT molecular complexity index is 384. The molecule has 2 nitrogen and oxygen atoms in total. The van der Waals surface area contributed by atoms with Crippen molar-refractivity contribution >= 4 is 12.4 Å². The van der Waals surface area contributed by atoms with Crippen LogP contribution >= 0.6 is 0 Å². The van der Waals surface area contributed by atoms with Gasteiger partial charge < -0.3 is 17.7 Å². The number of rotatable bonds is 5. The Morgan fingerprint density at radius 1 is 1.41 bits per heavy atom. The second-order valence-electron chi connectivity index (χ2n) is 3.58. The average Bonchev–Trinajstić information content (AvgIpc) is 2.16. The van der Waals surface area contributed by atoms with Crippen LogP contribution in [0.2, 0.25) is 0 Å². The first-order chi connectivity index (χ1) is 7.39. The zero-order valence-electron chi connectivity index (χ0n) is 9.92. The summed E-state index contributed by atoms with van der Waals surface area (Å²) >= 11 is 0. The predicted octanol–water partition coefficient (Wildman–Crippen LogP) is -0.515. The van der Waals surface area contributed by atoms with Crippen LogP contribution in [0.15, 0.2) is 30.6 Å². The van der Waals surface area contributed by atoms with Gasteiger partial charge in [-0.05, 0) is 13.0 Å². The Kier molecular flexibility index (Phi) is 7.66. The van der Waals surface area contributed by atoms with Gasteiger partial charge in [0.2, 0.25) is 0 Å². The van der Waals surface area contributed by atoms with Crippen molar-refractivity contribution in [3.8, 4) is 5.75 Å². The molecule has 17 heavy (non-hydrogen) atoms. The molecule has 0 aliphatic rings. The topological polar surface area (TPSA) is 22.1 Å². The molecule has 0 amide bonds. The number of hydrogen-bond acceptors (Lipinski definition) is 2. The van der Waals surface area contributed by atoms with Gasteiger partial charge in [0, 0.05) is 12.6 Å².